The summed E-state index contributed by atoms with van der Waals surface area (Å²) >= 11 is 0. The summed E-state index contributed by atoms with van der Waals surface area (Å²) in [5.41, 5.74) is 1.72. The first-order valence-electron chi connectivity index (χ1n) is 4.12. The number of nitroso groups, excluding NO2 is 1. The Kier molecular flexibility index (Phi) is 3.85. The van der Waals surface area contributed by atoms with Crippen LogP contribution in [0.15, 0.2) is 29.4 Å². The van der Waals surface area contributed by atoms with Gasteiger partial charge in [0.25, 0.3) is 0 Å². The summed E-state index contributed by atoms with van der Waals surface area (Å²) in [6.07, 6.45) is 0. The zero-order valence-corrected chi connectivity index (χ0v) is 7.56. The number of hydrogen-bond acceptors (Lipinski definition) is 3. The number of rotatable bonds is 4. The first kappa shape index (κ1) is 10.4. The molecule has 0 aliphatic rings. The lowest BCUT2D eigenvalue weighted by atomic mass is 10.1. The van der Waals surface area contributed by atoms with E-state index in [0.29, 0.717) is 6.54 Å². The number of nitrogens with one attached hydrogen (secondary N) is 1. The minimum absolute atomic E-state index is 0.143. The van der Waals surface area contributed by atoms with Gasteiger partial charge in [-0.1, -0.05) is 29.4 Å². The van der Waals surface area contributed by atoms with Crippen LogP contribution in [0.4, 0.5) is 4.79 Å². The molecule has 14 heavy (non-hydrogen) atoms. The molecule has 0 atom stereocenters. The molecule has 1 rings (SSSR count). The Morgan fingerprint density at radius 1 is 1.43 bits per heavy atom. The molecule has 2 radical (unpaired) electrons. The maximum atomic E-state index is 10.4. The van der Waals surface area contributed by atoms with Crippen LogP contribution in [0.3, 0.4) is 0 Å². The van der Waals surface area contributed by atoms with E-state index in [1.54, 1.807) is 18.2 Å². The van der Waals surface area contributed by atoms with Crippen LogP contribution in [0, 0.1) is 4.91 Å². The summed E-state index contributed by atoms with van der Waals surface area (Å²) in [7, 11) is 4.92. The summed E-state index contributed by atoms with van der Waals surface area (Å²) in [5, 5.41) is 5.24. The van der Waals surface area contributed by atoms with E-state index in [9.17, 15) is 9.70 Å². The molecule has 0 aromatic heterocycles. The number of carbonyl (C=O) groups is 1. The van der Waals surface area contributed by atoms with Crippen LogP contribution in [0.5, 0.6) is 0 Å². The summed E-state index contributed by atoms with van der Waals surface area (Å²) in [5.74, 6) is -0.566. The number of amides is 1. The average molecular weight is 188 g/mol. The Morgan fingerprint density at radius 2 is 2.14 bits per heavy atom. The highest BCUT2D eigenvalue weighted by molar-refractivity contribution is 6.57. The van der Waals surface area contributed by atoms with Crippen LogP contribution < -0.4 is 5.32 Å². The Bertz CT molecular complexity index is 341. The smallest absolute Gasteiger partial charge is 0.200 e. The van der Waals surface area contributed by atoms with Crippen molar-refractivity contribution in [3.05, 3.63) is 40.3 Å². The fourth-order valence-electron chi connectivity index (χ4n) is 1.10. The largest absolute Gasteiger partial charge is 0.362 e. The van der Waals surface area contributed by atoms with Gasteiger partial charge in [-0.3, -0.25) is 4.79 Å². The standard InChI is InChI=1S/C9H9BN2O2/c10-9(13)11-5-7-2-1-3-8(4-7)6-12-14/h1-4H,5-6H2,(H,11,13). The van der Waals surface area contributed by atoms with Crippen molar-refractivity contribution in [1.82, 2.24) is 5.32 Å². The molecule has 5 heteroatoms. The Morgan fingerprint density at radius 3 is 2.79 bits per heavy atom. The van der Waals surface area contributed by atoms with E-state index >= 15 is 0 Å². The predicted octanol–water partition coefficient (Wildman–Crippen LogP) is 1.33. The highest BCUT2D eigenvalue weighted by Crippen LogP contribution is 2.06. The van der Waals surface area contributed by atoms with Crippen LogP contribution in [0.2, 0.25) is 0 Å². The Hall–Kier alpha value is -1.65. The summed E-state index contributed by atoms with van der Waals surface area (Å²) in [4.78, 5) is 20.4. The van der Waals surface area contributed by atoms with Gasteiger partial charge in [0.2, 0.25) is 7.85 Å². The molecule has 0 heterocycles. The molecule has 0 bridgehead atoms. The van der Waals surface area contributed by atoms with Gasteiger partial charge in [-0.05, 0) is 11.1 Å². The van der Waals surface area contributed by atoms with E-state index < -0.39 is 5.81 Å². The first-order chi connectivity index (χ1) is 6.72. The van der Waals surface area contributed by atoms with E-state index in [-0.39, 0.29) is 6.54 Å². The SMILES string of the molecule is [B]C(=O)NCc1cccc(CN=O)c1. The Labute approximate surface area is 83.1 Å². The summed E-state index contributed by atoms with van der Waals surface area (Å²) in [6, 6.07) is 7.25. The molecule has 70 valence electrons. The van der Waals surface area contributed by atoms with Gasteiger partial charge in [0.15, 0.2) is 5.81 Å². The van der Waals surface area contributed by atoms with Crippen molar-refractivity contribution in [2.24, 2.45) is 5.18 Å². The molecule has 1 N–H and O–H groups in total. The highest BCUT2D eigenvalue weighted by Gasteiger charge is 1.96. The maximum absolute atomic E-state index is 10.4. The van der Waals surface area contributed by atoms with Gasteiger partial charge in [0.1, 0.15) is 6.54 Å². The van der Waals surface area contributed by atoms with E-state index in [4.69, 9.17) is 7.85 Å². The molecule has 0 fully saturated rings. The Balaban J connectivity index is 2.63. The van der Waals surface area contributed by atoms with Crippen LogP contribution in [-0.4, -0.2) is 13.7 Å². The zero-order valence-electron chi connectivity index (χ0n) is 7.56. The predicted molar refractivity (Wildman–Crippen MR) is 53.9 cm³/mol. The number of carbonyl (C=O) groups excluding carboxylic acids is 1. The maximum Gasteiger partial charge on any atom is 0.200 e. The van der Waals surface area contributed by atoms with Gasteiger partial charge in [0.05, 0.1) is 0 Å². The van der Waals surface area contributed by atoms with Crippen molar-refractivity contribution in [2.45, 2.75) is 13.1 Å². The second-order valence-electron chi connectivity index (χ2n) is 2.82. The molecule has 0 saturated carbocycles. The third-order valence-corrected chi connectivity index (χ3v) is 1.71. The van der Waals surface area contributed by atoms with Gasteiger partial charge in [-0.2, -0.15) is 4.91 Å². The van der Waals surface area contributed by atoms with Gasteiger partial charge >= 0.3 is 0 Å². The number of hydrogen-bond donors (Lipinski definition) is 1. The fraction of sp³-hybridized carbons (Fsp3) is 0.222. The lowest BCUT2D eigenvalue weighted by Crippen LogP contribution is -2.20. The fourth-order valence-corrected chi connectivity index (χ4v) is 1.10. The van der Waals surface area contributed by atoms with Crippen LogP contribution in [-0.2, 0) is 13.1 Å². The molecule has 0 saturated heterocycles. The molecule has 0 aliphatic carbocycles. The lowest BCUT2D eigenvalue weighted by molar-refractivity contribution is 0.259. The molecule has 0 aliphatic heterocycles. The second-order valence-corrected chi connectivity index (χ2v) is 2.82. The summed E-state index contributed by atoms with van der Waals surface area (Å²) < 4.78 is 0. The first-order valence-corrected chi connectivity index (χ1v) is 4.12. The van der Waals surface area contributed by atoms with Crippen molar-refractivity contribution in [3.63, 3.8) is 0 Å². The average Bonchev–Trinajstić information content (AvgIpc) is 2.16. The zero-order chi connectivity index (χ0) is 10.4. The molecular formula is C9H9BN2O2. The van der Waals surface area contributed by atoms with Crippen molar-refractivity contribution >= 4 is 13.7 Å². The minimum atomic E-state index is -0.566. The van der Waals surface area contributed by atoms with Crippen LogP contribution in [0.25, 0.3) is 0 Å². The molecule has 1 aromatic carbocycles. The summed E-state index contributed by atoms with van der Waals surface area (Å²) in [6.45, 7) is 0.506. The topological polar surface area (TPSA) is 58.5 Å². The van der Waals surface area contributed by atoms with Gasteiger partial charge in [-0.15, -0.1) is 0 Å². The van der Waals surface area contributed by atoms with E-state index in [1.807, 2.05) is 6.07 Å². The molecule has 0 spiro atoms. The highest BCUT2D eigenvalue weighted by atomic mass is 16.3. The van der Waals surface area contributed by atoms with Gasteiger partial charge < -0.3 is 5.32 Å². The van der Waals surface area contributed by atoms with E-state index in [2.05, 4.69) is 10.5 Å². The monoisotopic (exact) mass is 188 g/mol. The minimum Gasteiger partial charge on any atom is -0.362 e. The van der Waals surface area contributed by atoms with Crippen molar-refractivity contribution in [3.8, 4) is 0 Å². The van der Waals surface area contributed by atoms with Crippen LogP contribution >= 0.6 is 0 Å². The van der Waals surface area contributed by atoms with Crippen molar-refractivity contribution < 1.29 is 4.79 Å². The van der Waals surface area contributed by atoms with Crippen molar-refractivity contribution in [2.75, 3.05) is 0 Å². The number of nitrogens with zero attached hydrogens (tertiary/aromatic N) is 1. The third kappa shape index (κ3) is 3.39. The van der Waals surface area contributed by atoms with Crippen molar-refractivity contribution in [1.29, 1.82) is 0 Å². The normalized spacial score (nSPS) is 9.43. The molecule has 0 unspecified atom stereocenters. The molecular weight excluding hydrogens is 179 g/mol. The van der Waals surface area contributed by atoms with Gasteiger partial charge in [-0.25, -0.2) is 0 Å². The third-order valence-electron chi connectivity index (χ3n) is 1.71. The lowest BCUT2D eigenvalue weighted by Gasteiger charge is -2.03. The second kappa shape index (κ2) is 5.16. The number of benzene rings is 1. The van der Waals surface area contributed by atoms with Crippen LogP contribution in [0.1, 0.15) is 11.1 Å². The van der Waals surface area contributed by atoms with E-state index in [1.165, 1.54) is 0 Å². The molecule has 4 nitrogen and oxygen atoms in total. The molecule has 1 amide bonds. The quantitative estimate of drug-likeness (QED) is 0.572. The van der Waals surface area contributed by atoms with Gasteiger partial charge in [0, 0.05) is 6.54 Å². The van der Waals surface area contributed by atoms with E-state index in [0.717, 1.165) is 11.1 Å². The molecule has 1 aromatic rings.